The van der Waals surface area contributed by atoms with Gasteiger partial charge in [0, 0.05) is 6.20 Å². The molecule has 4 nitrogen and oxygen atoms in total. The van der Waals surface area contributed by atoms with Crippen LogP contribution in [0.4, 0.5) is 0 Å². The lowest BCUT2D eigenvalue weighted by Crippen LogP contribution is -2.12. The van der Waals surface area contributed by atoms with E-state index in [4.69, 9.17) is 0 Å². The predicted octanol–water partition coefficient (Wildman–Crippen LogP) is 1.70. The average Bonchev–Trinajstić information content (AvgIpc) is 2.28. The molecule has 0 saturated heterocycles. The van der Waals surface area contributed by atoms with Gasteiger partial charge in [-0.3, -0.25) is 9.59 Å². The third kappa shape index (κ3) is 4.93. The molecule has 0 aliphatic heterocycles. The van der Waals surface area contributed by atoms with Crippen LogP contribution < -0.4 is 0 Å². The monoisotopic (exact) mass is 239 g/mol. The molecule has 1 rings (SSSR count). The number of pyridine rings is 1. The highest BCUT2D eigenvalue weighted by Gasteiger charge is 2.10. The molecule has 0 spiro atoms. The highest BCUT2D eigenvalue weighted by Crippen LogP contribution is 2.14. The number of carbonyl (C=O) groups is 2. The number of nitrogens with zero attached hydrogens (tertiary/aromatic N) is 1. The van der Waals surface area contributed by atoms with Crippen LogP contribution in [0.1, 0.15) is 13.3 Å². The summed E-state index contributed by atoms with van der Waals surface area (Å²) in [6.45, 7) is 2.02. The van der Waals surface area contributed by atoms with E-state index in [9.17, 15) is 9.59 Å². The molecule has 0 bridgehead atoms. The molecule has 1 aromatic heterocycles. The van der Waals surface area contributed by atoms with Crippen LogP contribution in [0.2, 0.25) is 0 Å². The van der Waals surface area contributed by atoms with Crippen molar-refractivity contribution in [3.05, 3.63) is 24.4 Å². The number of ether oxygens (including phenoxy) is 1. The molecule has 0 atom stereocenters. The van der Waals surface area contributed by atoms with Crippen LogP contribution in [0.5, 0.6) is 0 Å². The second-order valence-corrected chi connectivity index (χ2v) is 3.97. The minimum Gasteiger partial charge on any atom is -0.466 e. The summed E-state index contributed by atoms with van der Waals surface area (Å²) in [5.41, 5.74) is 0. The van der Waals surface area contributed by atoms with Gasteiger partial charge in [0.1, 0.15) is 6.42 Å². The molecule has 5 heteroatoms. The van der Waals surface area contributed by atoms with Crippen molar-refractivity contribution in [3.63, 3.8) is 0 Å². The third-order valence-electron chi connectivity index (χ3n) is 1.67. The quantitative estimate of drug-likeness (QED) is 0.429. The first kappa shape index (κ1) is 12.7. The van der Waals surface area contributed by atoms with Gasteiger partial charge in [-0.2, -0.15) is 0 Å². The summed E-state index contributed by atoms with van der Waals surface area (Å²) in [6, 6.07) is 5.48. The average molecular weight is 239 g/mol. The van der Waals surface area contributed by atoms with Crippen LogP contribution in [0, 0.1) is 0 Å². The zero-order chi connectivity index (χ0) is 11.8. The SMILES string of the molecule is CCOC(=O)CC(=O)CSc1ccccn1. The summed E-state index contributed by atoms with van der Waals surface area (Å²) in [7, 11) is 0. The molecule has 0 aromatic carbocycles. The number of hydrogen-bond donors (Lipinski definition) is 0. The Morgan fingerprint density at radius 2 is 2.25 bits per heavy atom. The zero-order valence-corrected chi connectivity index (χ0v) is 9.83. The Bertz CT molecular complexity index is 354. The van der Waals surface area contributed by atoms with E-state index in [1.807, 2.05) is 18.2 Å². The smallest absolute Gasteiger partial charge is 0.313 e. The van der Waals surface area contributed by atoms with E-state index in [-0.39, 0.29) is 18.0 Å². The van der Waals surface area contributed by atoms with Crippen molar-refractivity contribution in [1.29, 1.82) is 0 Å². The number of aromatic nitrogens is 1. The lowest BCUT2D eigenvalue weighted by Gasteiger charge is -2.01. The summed E-state index contributed by atoms with van der Waals surface area (Å²) in [5.74, 6) is -0.362. The fourth-order valence-electron chi connectivity index (χ4n) is 1.01. The standard InChI is InChI=1S/C11H13NO3S/c1-2-15-11(14)7-9(13)8-16-10-5-3-4-6-12-10/h3-6H,2,7-8H2,1H3. The van der Waals surface area contributed by atoms with Gasteiger partial charge in [0.05, 0.1) is 17.4 Å². The van der Waals surface area contributed by atoms with Crippen molar-refractivity contribution in [2.75, 3.05) is 12.4 Å². The Hall–Kier alpha value is -1.36. The van der Waals surface area contributed by atoms with Crippen molar-refractivity contribution in [3.8, 4) is 0 Å². The van der Waals surface area contributed by atoms with Crippen molar-refractivity contribution in [2.45, 2.75) is 18.4 Å². The minimum absolute atomic E-state index is 0.144. The summed E-state index contributed by atoms with van der Waals surface area (Å²) >= 11 is 1.32. The summed E-state index contributed by atoms with van der Waals surface area (Å²) in [5, 5.41) is 0.778. The van der Waals surface area contributed by atoms with Gasteiger partial charge in [0.2, 0.25) is 0 Å². The van der Waals surface area contributed by atoms with Gasteiger partial charge in [-0.1, -0.05) is 17.8 Å². The first-order valence-corrected chi connectivity index (χ1v) is 5.92. The summed E-state index contributed by atoms with van der Waals surface area (Å²) in [6.07, 6.45) is 1.51. The zero-order valence-electron chi connectivity index (χ0n) is 9.01. The van der Waals surface area contributed by atoms with Gasteiger partial charge in [-0.15, -0.1) is 0 Å². The van der Waals surface area contributed by atoms with Gasteiger partial charge < -0.3 is 4.74 Å². The molecule has 1 aromatic rings. The number of Topliss-reactive ketones (excluding diaryl/α,β-unsaturated/α-hetero) is 1. The van der Waals surface area contributed by atoms with Gasteiger partial charge in [-0.05, 0) is 19.1 Å². The Kier molecular flexibility index (Phi) is 5.56. The molecular weight excluding hydrogens is 226 g/mol. The van der Waals surface area contributed by atoms with E-state index in [0.29, 0.717) is 6.61 Å². The van der Waals surface area contributed by atoms with Crippen LogP contribution in [-0.4, -0.2) is 29.1 Å². The van der Waals surface area contributed by atoms with E-state index in [1.54, 1.807) is 13.1 Å². The van der Waals surface area contributed by atoms with Crippen LogP contribution >= 0.6 is 11.8 Å². The van der Waals surface area contributed by atoms with Crippen LogP contribution in [0.25, 0.3) is 0 Å². The number of esters is 1. The second kappa shape index (κ2) is 7.00. The van der Waals surface area contributed by atoms with E-state index in [2.05, 4.69) is 9.72 Å². The molecule has 0 fully saturated rings. The van der Waals surface area contributed by atoms with Gasteiger partial charge in [0.25, 0.3) is 0 Å². The van der Waals surface area contributed by atoms with Crippen molar-refractivity contribution >= 4 is 23.5 Å². The predicted molar refractivity (Wildman–Crippen MR) is 61.2 cm³/mol. The van der Waals surface area contributed by atoms with Crippen molar-refractivity contribution in [1.82, 2.24) is 4.98 Å². The fourth-order valence-corrected chi connectivity index (χ4v) is 1.73. The topological polar surface area (TPSA) is 56.3 Å². The summed E-state index contributed by atoms with van der Waals surface area (Å²) in [4.78, 5) is 26.4. The molecular formula is C11H13NO3S. The third-order valence-corrected chi connectivity index (χ3v) is 2.67. The van der Waals surface area contributed by atoms with E-state index >= 15 is 0 Å². The molecule has 0 amide bonds. The number of hydrogen-bond acceptors (Lipinski definition) is 5. The molecule has 16 heavy (non-hydrogen) atoms. The first-order chi connectivity index (χ1) is 7.72. The van der Waals surface area contributed by atoms with Crippen molar-refractivity contribution in [2.24, 2.45) is 0 Å². The molecule has 0 aliphatic rings. The molecule has 0 saturated carbocycles. The van der Waals surface area contributed by atoms with E-state index in [1.165, 1.54) is 11.8 Å². The number of ketones is 1. The van der Waals surface area contributed by atoms with Gasteiger partial charge >= 0.3 is 5.97 Å². The maximum Gasteiger partial charge on any atom is 0.313 e. The van der Waals surface area contributed by atoms with Gasteiger partial charge in [-0.25, -0.2) is 4.98 Å². The number of thioether (sulfide) groups is 1. The maximum absolute atomic E-state index is 11.4. The fraction of sp³-hybridized carbons (Fsp3) is 0.364. The normalized spacial score (nSPS) is 9.81. The molecule has 0 radical (unpaired) electrons. The largest absolute Gasteiger partial charge is 0.466 e. The van der Waals surface area contributed by atoms with Crippen LogP contribution in [0.3, 0.4) is 0 Å². The van der Waals surface area contributed by atoms with Crippen LogP contribution in [0.15, 0.2) is 29.4 Å². The highest BCUT2D eigenvalue weighted by molar-refractivity contribution is 7.99. The molecule has 1 heterocycles. The number of carbonyl (C=O) groups excluding carboxylic acids is 2. The van der Waals surface area contributed by atoms with Gasteiger partial charge in [0.15, 0.2) is 5.78 Å². The Morgan fingerprint density at radius 1 is 1.44 bits per heavy atom. The lowest BCUT2D eigenvalue weighted by molar-refractivity contribution is -0.145. The second-order valence-electron chi connectivity index (χ2n) is 2.98. The Balaban J connectivity index is 2.28. The lowest BCUT2D eigenvalue weighted by atomic mass is 10.3. The Morgan fingerprint density at radius 3 is 2.88 bits per heavy atom. The summed E-state index contributed by atoms with van der Waals surface area (Å²) < 4.78 is 4.68. The van der Waals surface area contributed by atoms with E-state index in [0.717, 1.165) is 5.03 Å². The van der Waals surface area contributed by atoms with Crippen LogP contribution in [-0.2, 0) is 14.3 Å². The maximum atomic E-state index is 11.4. The molecule has 86 valence electrons. The molecule has 0 aliphatic carbocycles. The first-order valence-electron chi connectivity index (χ1n) is 4.93. The highest BCUT2D eigenvalue weighted by atomic mass is 32.2. The molecule has 0 unspecified atom stereocenters. The number of rotatable bonds is 6. The van der Waals surface area contributed by atoms with Crippen molar-refractivity contribution < 1.29 is 14.3 Å². The van der Waals surface area contributed by atoms with E-state index < -0.39 is 5.97 Å². The molecule has 0 N–H and O–H groups in total. The Labute approximate surface area is 98.4 Å². The minimum atomic E-state index is -0.464.